The summed E-state index contributed by atoms with van der Waals surface area (Å²) in [6, 6.07) is 0.702. The molecule has 1 aromatic rings. The zero-order valence-electron chi connectivity index (χ0n) is 8.57. The molecule has 0 aliphatic carbocycles. The van der Waals surface area contributed by atoms with Gasteiger partial charge in [0.25, 0.3) is 0 Å². The Hall–Kier alpha value is -0.450. The Morgan fingerprint density at radius 1 is 1.71 bits per heavy atom. The smallest absolute Gasteiger partial charge is 0.0794 e. The third-order valence-electron chi connectivity index (χ3n) is 2.63. The van der Waals surface area contributed by atoms with Crippen molar-refractivity contribution in [3.05, 3.63) is 16.6 Å². The van der Waals surface area contributed by atoms with Crippen LogP contribution in [0.1, 0.15) is 18.2 Å². The molecule has 0 aromatic carbocycles. The minimum atomic E-state index is 0.702. The molecule has 14 heavy (non-hydrogen) atoms. The second-order valence-electron chi connectivity index (χ2n) is 3.75. The Labute approximate surface area is 89.1 Å². The van der Waals surface area contributed by atoms with Crippen molar-refractivity contribution in [1.29, 1.82) is 0 Å². The van der Waals surface area contributed by atoms with Gasteiger partial charge in [-0.3, -0.25) is 9.88 Å². The molecule has 1 unspecified atom stereocenters. The van der Waals surface area contributed by atoms with E-state index in [2.05, 4.69) is 22.1 Å². The van der Waals surface area contributed by atoms with Crippen molar-refractivity contribution < 1.29 is 0 Å². The summed E-state index contributed by atoms with van der Waals surface area (Å²) >= 11 is 1.75. The molecule has 2 rings (SSSR count). The molecule has 0 amide bonds. The highest BCUT2D eigenvalue weighted by atomic mass is 32.1. The molecule has 0 saturated carbocycles. The number of hydrogen-bond donors (Lipinski definition) is 1. The van der Waals surface area contributed by atoms with Gasteiger partial charge in [0.1, 0.15) is 0 Å². The van der Waals surface area contributed by atoms with E-state index in [1.807, 2.05) is 11.7 Å². The summed E-state index contributed by atoms with van der Waals surface area (Å²) in [5, 5.41) is 3.50. The molecule has 1 saturated heterocycles. The van der Waals surface area contributed by atoms with Gasteiger partial charge in [0.15, 0.2) is 0 Å². The van der Waals surface area contributed by atoms with Crippen LogP contribution in [-0.4, -0.2) is 35.6 Å². The van der Waals surface area contributed by atoms with E-state index in [-0.39, 0.29) is 0 Å². The first-order valence-electron chi connectivity index (χ1n) is 5.21. The minimum absolute atomic E-state index is 0.702. The molecule has 2 heterocycles. The Bertz CT molecular complexity index is 260. The van der Waals surface area contributed by atoms with E-state index < -0.39 is 0 Å². The average molecular weight is 211 g/mol. The van der Waals surface area contributed by atoms with Gasteiger partial charge in [-0.2, -0.15) is 0 Å². The molecule has 3 nitrogen and oxygen atoms in total. The first-order valence-corrected chi connectivity index (χ1v) is 6.09. The lowest BCUT2D eigenvalue weighted by Gasteiger charge is -2.14. The highest BCUT2D eigenvalue weighted by Crippen LogP contribution is 2.15. The normalized spacial score (nSPS) is 23.1. The van der Waals surface area contributed by atoms with Gasteiger partial charge in [0.2, 0.25) is 0 Å². The Morgan fingerprint density at radius 2 is 2.64 bits per heavy atom. The van der Waals surface area contributed by atoms with E-state index >= 15 is 0 Å². The van der Waals surface area contributed by atoms with Crippen LogP contribution >= 0.6 is 11.3 Å². The Kier molecular flexibility index (Phi) is 3.50. The van der Waals surface area contributed by atoms with Gasteiger partial charge >= 0.3 is 0 Å². The number of hydrogen-bond acceptors (Lipinski definition) is 4. The zero-order chi connectivity index (χ0) is 9.80. The van der Waals surface area contributed by atoms with Gasteiger partial charge in [0, 0.05) is 36.8 Å². The van der Waals surface area contributed by atoms with Crippen LogP contribution in [0.15, 0.2) is 11.7 Å². The number of aromatic nitrogens is 1. The van der Waals surface area contributed by atoms with Gasteiger partial charge in [-0.05, 0) is 13.0 Å². The van der Waals surface area contributed by atoms with Gasteiger partial charge < -0.3 is 5.32 Å². The summed E-state index contributed by atoms with van der Waals surface area (Å²) in [7, 11) is 0. The molecule has 0 bridgehead atoms. The maximum Gasteiger partial charge on any atom is 0.0794 e. The summed E-state index contributed by atoms with van der Waals surface area (Å²) in [6.45, 7) is 6.73. The highest BCUT2D eigenvalue weighted by Gasteiger charge is 2.21. The quantitative estimate of drug-likeness (QED) is 0.814. The van der Waals surface area contributed by atoms with Crippen LogP contribution in [0.25, 0.3) is 0 Å². The fraction of sp³-hybridized carbons (Fsp3) is 0.700. The van der Waals surface area contributed by atoms with E-state index in [0.29, 0.717) is 6.04 Å². The second-order valence-corrected chi connectivity index (χ2v) is 4.72. The first-order chi connectivity index (χ1) is 6.88. The number of thiazole rings is 1. The van der Waals surface area contributed by atoms with Crippen LogP contribution in [0.2, 0.25) is 0 Å². The lowest BCUT2D eigenvalue weighted by atomic mass is 10.3. The number of nitrogens with zero attached hydrogens (tertiary/aromatic N) is 2. The number of likely N-dealkylation sites (N-methyl/N-ethyl adjacent to an activating group) is 1. The number of likely N-dealkylation sites (tertiary alicyclic amines) is 1. The van der Waals surface area contributed by atoms with E-state index in [9.17, 15) is 0 Å². The zero-order valence-corrected chi connectivity index (χ0v) is 9.39. The van der Waals surface area contributed by atoms with Crippen molar-refractivity contribution >= 4 is 11.3 Å². The van der Waals surface area contributed by atoms with Crippen LogP contribution < -0.4 is 5.32 Å². The standard InChI is InChI=1S/C10H17N3S/c1-2-12-9-3-4-13(6-9)7-10-5-11-8-14-10/h5,8-9,12H,2-4,6-7H2,1H3. The summed E-state index contributed by atoms with van der Waals surface area (Å²) in [5.41, 5.74) is 1.91. The maximum absolute atomic E-state index is 4.10. The van der Waals surface area contributed by atoms with Gasteiger partial charge in [-0.25, -0.2) is 0 Å². The van der Waals surface area contributed by atoms with E-state index in [1.165, 1.54) is 24.4 Å². The van der Waals surface area contributed by atoms with Crippen LogP contribution in [0.3, 0.4) is 0 Å². The van der Waals surface area contributed by atoms with Crippen LogP contribution in [0.4, 0.5) is 0 Å². The Balaban J connectivity index is 1.79. The third kappa shape index (κ3) is 2.53. The molecule has 1 aromatic heterocycles. The Morgan fingerprint density at radius 3 is 3.36 bits per heavy atom. The molecule has 78 valence electrons. The van der Waals surface area contributed by atoms with Crippen molar-refractivity contribution in [2.45, 2.75) is 25.9 Å². The second kappa shape index (κ2) is 4.87. The maximum atomic E-state index is 4.10. The first kappa shape index (κ1) is 10.1. The van der Waals surface area contributed by atoms with Crippen LogP contribution in [-0.2, 0) is 6.54 Å². The third-order valence-corrected chi connectivity index (χ3v) is 3.39. The molecule has 1 N–H and O–H groups in total. The number of nitrogens with one attached hydrogen (secondary N) is 1. The molecule has 0 radical (unpaired) electrons. The van der Waals surface area contributed by atoms with Crippen molar-refractivity contribution in [1.82, 2.24) is 15.2 Å². The summed E-state index contributed by atoms with van der Waals surface area (Å²) < 4.78 is 0. The fourth-order valence-electron chi connectivity index (χ4n) is 1.97. The lowest BCUT2D eigenvalue weighted by Crippen LogP contribution is -2.31. The molecule has 4 heteroatoms. The minimum Gasteiger partial charge on any atom is -0.313 e. The molecule has 1 atom stereocenters. The highest BCUT2D eigenvalue weighted by molar-refractivity contribution is 7.09. The van der Waals surface area contributed by atoms with Crippen molar-refractivity contribution in [3.8, 4) is 0 Å². The van der Waals surface area contributed by atoms with Crippen LogP contribution in [0, 0.1) is 0 Å². The van der Waals surface area contributed by atoms with Crippen molar-refractivity contribution in [2.24, 2.45) is 0 Å². The molecule has 1 fully saturated rings. The molecule has 1 aliphatic heterocycles. The van der Waals surface area contributed by atoms with E-state index in [1.54, 1.807) is 11.3 Å². The summed E-state index contributed by atoms with van der Waals surface area (Å²) in [5.74, 6) is 0. The SMILES string of the molecule is CCNC1CCN(Cc2cncs2)C1. The molecule has 1 aliphatic rings. The van der Waals surface area contributed by atoms with Gasteiger partial charge in [-0.1, -0.05) is 6.92 Å². The van der Waals surface area contributed by atoms with E-state index in [4.69, 9.17) is 0 Å². The molecule has 0 spiro atoms. The predicted octanol–water partition coefficient (Wildman–Crippen LogP) is 1.33. The molecular formula is C10H17N3S. The average Bonchev–Trinajstić information content (AvgIpc) is 2.79. The van der Waals surface area contributed by atoms with Gasteiger partial charge in [0.05, 0.1) is 5.51 Å². The monoisotopic (exact) mass is 211 g/mol. The summed E-state index contributed by atoms with van der Waals surface area (Å²) in [4.78, 5) is 7.97. The largest absolute Gasteiger partial charge is 0.313 e. The van der Waals surface area contributed by atoms with Gasteiger partial charge in [-0.15, -0.1) is 11.3 Å². The van der Waals surface area contributed by atoms with Crippen LogP contribution in [0.5, 0.6) is 0 Å². The van der Waals surface area contributed by atoms with Crippen molar-refractivity contribution in [2.75, 3.05) is 19.6 Å². The summed E-state index contributed by atoms with van der Waals surface area (Å²) in [6.07, 6.45) is 3.26. The fourth-order valence-corrected chi connectivity index (χ4v) is 2.61. The van der Waals surface area contributed by atoms with E-state index in [0.717, 1.165) is 13.1 Å². The predicted molar refractivity (Wildman–Crippen MR) is 59.5 cm³/mol. The number of rotatable bonds is 4. The lowest BCUT2D eigenvalue weighted by molar-refractivity contribution is 0.323. The van der Waals surface area contributed by atoms with Crippen molar-refractivity contribution in [3.63, 3.8) is 0 Å². The molecular weight excluding hydrogens is 194 g/mol. The topological polar surface area (TPSA) is 28.2 Å².